The second kappa shape index (κ2) is 4.67. The molecule has 0 aromatic heterocycles. The highest BCUT2D eigenvalue weighted by Crippen LogP contribution is 2.37. The van der Waals surface area contributed by atoms with Crippen molar-refractivity contribution in [3.63, 3.8) is 0 Å². The fourth-order valence-electron chi connectivity index (χ4n) is 1.53. The van der Waals surface area contributed by atoms with Crippen LogP contribution in [0, 0.1) is 13.8 Å². The molecule has 0 saturated heterocycles. The van der Waals surface area contributed by atoms with Crippen LogP contribution in [0.15, 0.2) is 6.07 Å². The fraction of sp³-hybridized carbons (Fsp3) is 0.417. The topological polar surface area (TPSA) is 37.3 Å². The Labute approximate surface area is 94.9 Å². The van der Waals surface area contributed by atoms with Crippen molar-refractivity contribution in [3.8, 4) is 5.75 Å². The van der Waals surface area contributed by atoms with Gasteiger partial charge in [0.2, 0.25) is 0 Å². The van der Waals surface area contributed by atoms with E-state index in [0.29, 0.717) is 11.4 Å². The standard InChI is InChI=1S/C12H15ClO2/c1-7(4-5-14)10-6-8(2)9(3)11(13)12(10)15/h5-7,15H,4H2,1-3H3. The van der Waals surface area contributed by atoms with Gasteiger partial charge in [-0.2, -0.15) is 0 Å². The second-order valence-corrected chi connectivity index (χ2v) is 4.25. The third kappa shape index (κ3) is 2.32. The molecule has 15 heavy (non-hydrogen) atoms. The first-order valence-corrected chi connectivity index (χ1v) is 5.29. The van der Waals surface area contributed by atoms with Crippen LogP contribution in [0.3, 0.4) is 0 Å². The van der Waals surface area contributed by atoms with Gasteiger partial charge in [0.05, 0.1) is 5.02 Å². The van der Waals surface area contributed by atoms with Gasteiger partial charge in [-0.25, -0.2) is 0 Å². The summed E-state index contributed by atoms with van der Waals surface area (Å²) in [6.45, 7) is 5.71. The summed E-state index contributed by atoms with van der Waals surface area (Å²) < 4.78 is 0. The monoisotopic (exact) mass is 226 g/mol. The molecule has 0 aliphatic rings. The zero-order valence-corrected chi connectivity index (χ0v) is 9.93. The van der Waals surface area contributed by atoms with Crippen molar-refractivity contribution in [2.45, 2.75) is 33.1 Å². The van der Waals surface area contributed by atoms with Gasteiger partial charge in [-0.1, -0.05) is 24.6 Å². The van der Waals surface area contributed by atoms with Crippen LogP contribution in [0.4, 0.5) is 0 Å². The lowest BCUT2D eigenvalue weighted by Gasteiger charge is -2.15. The van der Waals surface area contributed by atoms with Crippen LogP contribution < -0.4 is 0 Å². The van der Waals surface area contributed by atoms with Crippen LogP contribution in [0.25, 0.3) is 0 Å². The third-order valence-electron chi connectivity index (χ3n) is 2.75. The first kappa shape index (κ1) is 12.1. The summed E-state index contributed by atoms with van der Waals surface area (Å²) in [7, 11) is 0. The first-order valence-electron chi connectivity index (χ1n) is 4.91. The maximum absolute atomic E-state index is 10.4. The molecule has 0 amide bonds. The molecular formula is C12H15ClO2. The fourth-order valence-corrected chi connectivity index (χ4v) is 1.79. The Kier molecular flexibility index (Phi) is 3.75. The number of carbonyl (C=O) groups excluding carboxylic acids is 1. The lowest BCUT2D eigenvalue weighted by atomic mass is 9.94. The minimum absolute atomic E-state index is 0.000648. The van der Waals surface area contributed by atoms with Gasteiger partial charge in [0.25, 0.3) is 0 Å². The van der Waals surface area contributed by atoms with Crippen molar-refractivity contribution in [1.82, 2.24) is 0 Å². The lowest BCUT2D eigenvalue weighted by Crippen LogP contribution is -1.98. The second-order valence-electron chi connectivity index (χ2n) is 3.87. The summed E-state index contributed by atoms with van der Waals surface area (Å²) in [5, 5.41) is 10.2. The molecule has 1 aromatic carbocycles. The van der Waals surface area contributed by atoms with E-state index in [1.165, 1.54) is 0 Å². The van der Waals surface area contributed by atoms with Crippen LogP contribution in [-0.4, -0.2) is 11.4 Å². The van der Waals surface area contributed by atoms with E-state index in [1.807, 2.05) is 26.8 Å². The molecule has 1 unspecified atom stereocenters. The van der Waals surface area contributed by atoms with Gasteiger partial charge in [-0.3, -0.25) is 0 Å². The van der Waals surface area contributed by atoms with E-state index in [1.54, 1.807) is 0 Å². The van der Waals surface area contributed by atoms with Crippen molar-refractivity contribution in [2.24, 2.45) is 0 Å². The van der Waals surface area contributed by atoms with Gasteiger partial charge >= 0.3 is 0 Å². The normalized spacial score (nSPS) is 12.5. The molecule has 0 bridgehead atoms. The zero-order valence-electron chi connectivity index (χ0n) is 9.17. The predicted octanol–water partition coefficient (Wildman–Crippen LogP) is 3.35. The van der Waals surface area contributed by atoms with E-state index in [-0.39, 0.29) is 11.7 Å². The number of aromatic hydroxyl groups is 1. The number of rotatable bonds is 3. The summed E-state index contributed by atoms with van der Waals surface area (Å²) in [5.74, 6) is 0.105. The molecule has 0 radical (unpaired) electrons. The van der Waals surface area contributed by atoms with E-state index in [0.717, 1.165) is 23.0 Å². The van der Waals surface area contributed by atoms with Crippen LogP contribution in [-0.2, 0) is 4.79 Å². The largest absolute Gasteiger partial charge is 0.506 e. The van der Waals surface area contributed by atoms with E-state index in [2.05, 4.69) is 0 Å². The first-order chi connectivity index (χ1) is 6.99. The van der Waals surface area contributed by atoms with E-state index < -0.39 is 0 Å². The Morgan fingerprint density at radius 3 is 2.67 bits per heavy atom. The number of hydrogen-bond donors (Lipinski definition) is 1. The summed E-state index contributed by atoms with van der Waals surface area (Å²) in [6.07, 6.45) is 1.25. The molecule has 0 fully saturated rings. The molecule has 0 saturated carbocycles. The predicted molar refractivity (Wildman–Crippen MR) is 61.7 cm³/mol. The van der Waals surface area contributed by atoms with Gasteiger partial charge < -0.3 is 9.90 Å². The van der Waals surface area contributed by atoms with Crippen molar-refractivity contribution in [3.05, 3.63) is 27.8 Å². The molecule has 1 atom stereocenters. The number of carbonyl (C=O) groups is 1. The summed E-state index contributed by atoms with van der Waals surface area (Å²) in [6, 6.07) is 1.89. The van der Waals surface area contributed by atoms with Crippen molar-refractivity contribution < 1.29 is 9.90 Å². The number of halogens is 1. The lowest BCUT2D eigenvalue weighted by molar-refractivity contribution is -0.108. The number of phenolic OH excluding ortho intramolecular Hbond substituents is 1. The van der Waals surface area contributed by atoms with Gasteiger partial charge in [-0.05, 0) is 36.5 Å². The van der Waals surface area contributed by atoms with Crippen LogP contribution >= 0.6 is 11.6 Å². The Bertz CT molecular complexity index is 386. The number of benzene rings is 1. The van der Waals surface area contributed by atoms with Gasteiger partial charge in [0.1, 0.15) is 12.0 Å². The van der Waals surface area contributed by atoms with Gasteiger partial charge in [0, 0.05) is 6.42 Å². The molecular weight excluding hydrogens is 212 g/mol. The Morgan fingerprint density at radius 1 is 1.53 bits per heavy atom. The maximum atomic E-state index is 10.4. The summed E-state index contributed by atoms with van der Waals surface area (Å²) in [4.78, 5) is 10.4. The Balaban J connectivity index is 3.25. The summed E-state index contributed by atoms with van der Waals surface area (Å²) in [5.41, 5.74) is 2.66. The molecule has 0 aliphatic heterocycles. The molecule has 82 valence electrons. The van der Waals surface area contributed by atoms with Crippen molar-refractivity contribution in [1.29, 1.82) is 0 Å². The number of aryl methyl sites for hydroxylation is 1. The minimum Gasteiger partial charge on any atom is -0.506 e. The number of aldehydes is 1. The molecule has 2 nitrogen and oxygen atoms in total. The minimum atomic E-state index is -0.000648. The quantitative estimate of drug-likeness (QED) is 0.803. The van der Waals surface area contributed by atoms with Crippen LogP contribution in [0.1, 0.15) is 36.0 Å². The van der Waals surface area contributed by atoms with Crippen LogP contribution in [0.2, 0.25) is 5.02 Å². The summed E-state index contributed by atoms with van der Waals surface area (Å²) >= 11 is 5.99. The molecule has 1 rings (SSSR count). The number of hydrogen-bond acceptors (Lipinski definition) is 2. The third-order valence-corrected chi connectivity index (χ3v) is 3.22. The average Bonchev–Trinajstić information content (AvgIpc) is 2.20. The van der Waals surface area contributed by atoms with E-state index >= 15 is 0 Å². The van der Waals surface area contributed by atoms with Crippen LogP contribution in [0.5, 0.6) is 5.75 Å². The highest BCUT2D eigenvalue weighted by atomic mass is 35.5. The SMILES string of the molecule is Cc1cc(C(C)CC=O)c(O)c(Cl)c1C. The molecule has 0 aliphatic carbocycles. The Hall–Kier alpha value is -1.02. The molecule has 1 N–H and O–H groups in total. The van der Waals surface area contributed by atoms with Crippen molar-refractivity contribution in [2.75, 3.05) is 0 Å². The zero-order chi connectivity index (χ0) is 11.6. The van der Waals surface area contributed by atoms with E-state index in [9.17, 15) is 9.90 Å². The molecule has 0 heterocycles. The maximum Gasteiger partial charge on any atom is 0.137 e. The van der Waals surface area contributed by atoms with Gasteiger partial charge in [0.15, 0.2) is 0 Å². The molecule has 0 spiro atoms. The average molecular weight is 227 g/mol. The highest BCUT2D eigenvalue weighted by Gasteiger charge is 2.15. The highest BCUT2D eigenvalue weighted by molar-refractivity contribution is 6.33. The molecule has 1 aromatic rings. The molecule has 3 heteroatoms. The number of phenols is 1. The Morgan fingerprint density at radius 2 is 2.13 bits per heavy atom. The van der Waals surface area contributed by atoms with Gasteiger partial charge in [-0.15, -0.1) is 0 Å². The van der Waals surface area contributed by atoms with E-state index in [4.69, 9.17) is 11.6 Å². The van der Waals surface area contributed by atoms with Crippen molar-refractivity contribution >= 4 is 17.9 Å². The smallest absolute Gasteiger partial charge is 0.137 e.